The van der Waals surface area contributed by atoms with E-state index in [-0.39, 0.29) is 0 Å². The Bertz CT molecular complexity index is 1480. The van der Waals surface area contributed by atoms with Crippen LogP contribution in [-0.2, 0) is 0 Å². The summed E-state index contributed by atoms with van der Waals surface area (Å²) in [6.45, 7) is 2.09. The fourth-order valence-electron chi connectivity index (χ4n) is 4.16. The van der Waals surface area contributed by atoms with Crippen LogP contribution >= 0.6 is 0 Å². The van der Waals surface area contributed by atoms with Crippen molar-refractivity contribution < 1.29 is 8.83 Å². The number of fused-ring (bicyclic) bond motifs is 6. The van der Waals surface area contributed by atoms with Crippen LogP contribution < -0.4 is 0 Å². The van der Waals surface area contributed by atoms with Gasteiger partial charge in [-0.25, -0.2) is 0 Å². The third kappa shape index (κ3) is 2.01. The molecule has 2 heteroatoms. The molecule has 0 unspecified atom stereocenters. The van der Waals surface area contributed by atoms with Crippen molar-refractivity contribution in [3.8, 4) is 11.1 Å². The van der Waals surface area contributed by atoms with Crippen molar-refractivity contribution in [2.24, 2.45) is 0 Å². The molecule has 0 N–H and O–H groups in total. The Labute approximate surface area is 155 Å². The number of para-hydroxylation sites is 1. The Morgan fingerprint density at radius 1 is 0.519 bits per heavy atom. The van der Waals surface area contributed by atoms with Gasteiger partial charge in [-0.1, -0.05) is 54.6 Å². The molecule has 4 aromatic carbocycles. The summed E-state index contributed by atoms with van der Waals surface area (Å²) in [5.41, 5.74) is 7.22. The van der Waals surface area contributed by atoms with Crippen LogP contribution in [0.2, 0.25) is 0 Å². The summed E-state index contributed by atoms with van der Waals surface area (Å²) < 4.78 is 12.2. The van der Waals surface area contributed by atoms with E-state index >= 15 is 0 Å². The molecule has 128 valence electrons. The third-order valence-electron chi connectivity index (χ3n) is 5.35. The molecule has 0 saturated heterocycles. The van der Waals surface area contributed by atoms with E-state index in [1.165, 1.54) is 16.7 Å². The van der Waals surface area contributed by atoms with Gasteiger partial charge in [0.05, 0.1) is 0 Å². The lowest BCUT2D eigenvalue weighted by atomic mass is 9.95. The van der Waals surface area contributed by atoms with Crippen LogP contribution in [0.5, 0.6) is 0 Å². The lowest BCUT2D eigenvalue weighted by Crippen LogP contribution is -1.81. The van der Waals surface area contributed by atoms with Crippen LogP contribution in [-0.4, -0.2) is 0 Å². The Morgan fingerprint density at radius 3 is 1.85 bits per heavy atom. The number of rotatable bonds is 1. The molecule has 0 amide bonds. The van der Waals surface area contributed by atoms with Crippen LogP contribution in [0.1, 0.15) is 5.56 Å². The van der Waals surface area contributed by atoms with E-state index in [1.807, 2.05) is 24.3 Å². The summed E-state index contributed by atoms with van der Waals surface area (Å²) in [7, 11) is 0. The monoisotopic (exact) mass is 348 g/mol. The smallest absolute Gasteiger partial charge is 0.136 e. The van der Waals surface area contributed by atoms with Gasteiger partial charge in [0.2, 0.25) is 0 Å². The van der Waals surface area contributed by atoms with Crippen molar-refractivity contribution in [1.29, 1.82) is 0 Å². The maximum absolute atomic E-state index is 6.15. The predicted octanol–water partition coefficient (Wildman–Crippen LogP) is 7.46. The maximum Gasteiger partial charge on any atom is 0.136 e. The molecule has 2 nitrogen and oxygen atoms in total. The second kappa shape index (κ2) is 5.24. The number of benzene rings is 4. The lowest BCUT2D eigenvalue weighted by molar-refractivity contribution is 0.668. The molecule has 0 fully saturated rings. The van der Waals surface area contributed by atoms with Crippen molar-refractivity contribution in [3.63, 3.8) is 0 Å². The molecule has 0 atom stereocenters. The maximum atomic E-state index is 6.15. The summed E-state index contributed by atoms with van der Waals surface area (Å²) in [6, 6.07) is 27.2. The highest BCUT2D eigenvalue weighted by Crippen LogP contribution is 2.42. The molecular formula is C25H16O2. The Kier molecular flexibility index (Phi) is 2.84. The van der Waals surface area contributed by atoms with Gasteiger partial charge in [-0.05, 0) is 47.9 Å². The summed E-state index contributed by atoms with van der Waals surface area (Å²) in [6.07, 6.45) is 0. The second-order valence-corrected chi connectivity index (χ2v) is 7.06. The third-order valence-corrected chi connectivity index (χ3v) is 5.35. The van der Waals surface area contributed by atoms with Gasteiger partial charge in [0, 0.05) is 21.5 Å². The normalized spacial score (nSPS) is 11.9. The fraction of sp³-hybridized carbons (Fsp3) is 0.0400. The molecule has 0 aliphatic rings. The van der Waals surface area contributed by atoms with Gasteiger partial charge < -0.3 is 8.83 Å². The van der Waals surface area contributed by atoms with E-state index in [0.717, 1.165) is 43.9 Å². The first-order valence-electron chi connectivity index (χ1n) is 9.12. The summed E-state index contributed by atoms with van der Waals surface area (Å²) >= 11 is 0. The topological polar surface area (TPSA) is 26.3 Å². The summed E-state index contributed by atoms with van der Waals surface area (Å²) in [5, 5.41) is 4.60. The van der Waals surface area contributed by atoms with Gasteiger partial charge >= 0.3 is 0 Å². The lowest BCUT2D eigenvalue weighted by Gasteiger charge is -2.06. The van der Waals surface area contributed by atoms with Crippen molar-refractivity contribution in [2.45, 2.75) is 6.92 Å². The second-order valence-electron chi connectivity index (χ2n) is 7.06. The van der Waals surface area contributed by atoms with E-state index in [0.29, 0.717) is 0 Å². The number of aryl methyl sites for hydroxylation is 1. The molecule has 6 rings (SSSR count). The van der Waals surface area contributed by atoms with Crippen molar-refractivity contribution in [1.82, 2.24) is 0 Å². The molecule has 2 aromatic heterocycles. The first kappa shape index (κ1) is 14.6. The Hall–Kier alpha value is -3.52. The average molecular weight is 348 g/mol. The van der Waals surface area contributed by atoms with Gasteiger partial charge in [0.25, 0.3) is 0 Å². The van der Waals surface area contributed by atoms with Gasteiger partial charge in [-0.2, -0.15) is 0 Å². The minimum Gasteiger partial charge on any atom is -0.456 e. The van der Waals surface area contributed by atoms with Crippen molar-refractivity contribution in [2.75, 3.05) is 0 Å². The molecule has 0 spiro atoms. The predicted molar refractivity (Wildman–Crippen MR) is 111 cm³/mol. The number of hydrogen-bond acceptors (Lipinski definition) is 2. The van der Waals surface area contributed by atoms with Crippen molar-refractivity contribution in [3.05, 3.63) is 84.4 Å². The molecule has 2 heterocycles. The first-order valence-corrected chi connectivity index (χ1v) is 9.12. The van der Waals surface area contributed by atoms with E-state index < -0.39 is 0 Å². The van der Waals surface area contributed by atoms with Crippen LogP contribution in [0, 0.1) is 6.92 Å². The molecule has 0 saturated carbocycles. The number of furan rings is 2. The zero-order valence-electron chi connectivity index (χ0n) is 14.8. The highest BCUT2D eigenvalue weighted by Gasteiger charge is 2.17. The highest BCUT2D eigenvalue weighted by molar-refractivity contribution is 6.19. The van der Waals surface area contributed by atoms with Crippen LogP contribution in [0.15, 0.2) is 87.7 Å². The van der Waals surface area contributed by atoms with E-state index in [2.05, 4.69) is 61.5 Å². The van der Waals surface area contributed by atoms with Gasteiger partial charge in [-0.3, -0.25) is 0 Å². The molecule has 27 heavy (non-hydrogen) atoms. The SMILES string of the molecule is Cc1ccc2c(c1)oc1cccc(-c3cccc4oc5ccccc5c34)c12. The largest absolute Gasteiger partial charge is 0.456 e. The minimum atomic E-state index is 0.911. The molecule has 0 aliphatic heterocycles. The fourth-order valence-corrected chi connectivity index (χ4v) is 4.16. The molecule has 0 bridgehead atoms. The van der Waals surface area contributed by atoms with Gasteiger partial charge in [0.1, 0.15) is 22.3 Å². The Morgan fingerprint density at radius 2 is 1.11 bits per heavy atom. The minimum absolute atomic E-state index is 0.911. The highest BCUT2D eigenvalue weighted by atomic mass is 16.3. The van der Waals surface area contributed by atoms with E-state index in [1.54, 1.807) is 0 Å². The van der Waals surface area contributed by atoms with Gasteiger partial charge in [-0.15, -0.1) is 0 Å². The molecular weight excluding hydrogens is 332 g/mol. The number of hydrogen-bond donors (Lipinski definition) is 0. The summed E-state index contributed by atoms with van der Waals surface area (Å²) in [4.78, 5) is 0. The van der Waals surface area contributed by atoms with Crippen LogP contribution in [0.25, 0.3) is 55.0 Å². The standard InChI is InChI=1S/C25H16O2/c1-15-12-13-19-23(14-15)27-22-11-5-8-17(25(19)22)16-7-4-10-21-24(16)18-6-2-3-9-20(18)26-21/h2-14H,1H3. The molecule has 0 radical (unpaired) electrons. The molecule has 6 aromatic rings. The van der Waals surface area contributed by atoms with Crippen LogP contribution in [0.3, 0.4) is 0 Å². The quantitative estimate of drug-likeness (QED) is 0.308. The van der Waals surface area contributed by atoms with Crippen LogP contribution in [0.4, 0.5) is 0 Å². The van der Waals surface area contributed by atoms with Crippen molar-refractivity contribution >= 4 is 43.9 Å². The molecule has 0 aliphatic carbocycles. The van der Waals surface area contributed by atoms with Gasteiger partial charge in [0.15, 0.2) is 0 Å². The van der Waals surface area contributed by atoms with E-state index in [9.17, 15) is 0 Å². The average Bonchev–Trinajstić information content (AvgIpc) is 3.25. The zero-order chi connectivity index (χ0) is 18.0. The Balaban J connectivity index is 1.80. The summed E-state index contributed by atoms with van der Waals surface area (Å²) in [5.74, 6) is 0. The zero-order valence-corrected chi connectivity index (χ0v) is 14.8. The van der Waals surface area contributed by atoms with E-state index in [4.69, 9.17) is 8.83 Å². The first-order chi connectivity index (χ1) is 13.3.